The highest BCUT2D eigenvalue weighted by Gasteiger charge is 2.40. The molecule has 0 aliphatic carbocycles. The lowest BCUT2D eigenvalue weighted by molar-refractivity contribution is -0.137. The Balaban J connectivity index is 2.25. The van der Waals surface area contributed by atoms with E-state index in [2.05, 4.69) is 5.32 Å². The molecule has 1 aliphatic rings. The van der Waals surface area contributed by atoms with Gasteiger partial charge in [0.15, 0.2) is 0 Å². The quantitative estimate of drug-likeness (QED) is 0.857. The molecule has 0 spiro atoms. The summed E-state index contributed by atoms with van der Waals surface area (Å²) < 4.78 is 45.0. The fourth-order valence-corrected chi connectivity index (χ4v) is 3.05. The van der Waals surface area contributed by atoms with Gasteiger partial charge in [0.05, 0.1) is 29.5 Å². The summed E-state index contributed by atoms with van der Waals surface area (Å²) in [7, 11) is 0. The summed E-state index contributed by atoms with van der Waals surface area (Å²) in [4.78, 5) is 13.9. The van der Waals surface area contributed by atoms with Gasteiger partial charge in [0, 0.05) is 6.54 Å². The van der Waals surface area contributed by atoms with Crippen LogP contribution in [-0.4, -0.2) is 40.8 Å². The number of halogens is 3. The Labute approximate surface area is 144 Å². The summed E-state index contributed by atoms with van der Waals surface area (Å²) in [6.07, 6.45) is -3.33. The Bertz CT molecular complexity index is 627. The molecular weight excluding hydrogens is 337 g/mol. The third kappa shape index (κ3) is 4.56. The van der Waals surface area contributed by atoms with Gasteiger partial charge in [-0.05, 0) is 51.8 Å². The molecule has 0 bridgehead atoms. The number of anilines is 1. The largest absolute Gasteiger partial charge is 0.494 e. The SMILES string of the molecule is CCOc1ccc(NC(=O)N2CCC[C@H]2C(C)(C)O)c(C(F)(F)F)c1. The van der Waals surface area contributed by atoms with Crippen LogP contribution >= 0.6 is 0 Å². The molecule has 0 radical (unpaired) electrons. The Kier molecular flexibility index (Phi) is 5.51. The van der Waals surface area contributed by atoms with Gasteiger partial charge < -0.3 is 20.1 Å². The van der Waals surface area contributed by atoms with Crippen LogP contribution in [0.15, 0.2) is 18.2 Å². The lowest BCUT2D eigenvalue weighted by atomic mass is 9.97. The van der Waals surface area contributed by atoms with E-state index in [0.717, 1.165) is 6.07 Å². The number of likely N-dealkylation sites (tertiary alicyclic amines) is 1. The summed E-state index contributed by atoms with van der Waals surface area (Å²) in [5.41, 5.74) is -2.42. The van der Waals surface area contributed by atoms with Crippen molar-refractivity contribution in [3.63, 3.8) is 0 Å². The van der Waals surface area contributed by atoms with Crippen molar-refractivity contribution in [3.05, 3.63) is 23.8 Å². The molecule has 1 fully saturated rings. The molecule has 0 aromatic heterocycles. The molecular formula is C17H23F3N2O3. The molecule has 2 amide bonds. The van der Waals surface area contributed by atoms with Crippen molar-refractivity contribution in [1.29, 1.82) is 0 Å². The molecule has 1 aromatic carbocycles. The number of urea groups is 1. The molecule has 1 aromatic rings. The second-order valence-electron chi connectivity index (χ2n) is 6.57. The first-order valence-corrected chi connectivity index (χ1v) is 8.18. The monoisotopic (exact) mass is 360 g/mol. The van der Waals surface area contributed by atoms with Gasteiger partial charge in [0.2, 0.25) is 0 Å². The second-order valence-corrected chi connectivity index (χ2v) is 6.57. The van der Waals surface area contributed by atoms with Crippen LogP contribution in [0.25, 0.3) is 0 Å². The van der Waals surface area contributed by atoms with E-state index in [-0.39, 0.29) is 18.0 Å². The Hall–Kier alpha value is -1.96. The number of benzene rings is 1. The van der Waals surface area contributed by atoms with Crippen molar-refractivity contribution in [2.24, 2.45) is 0 Å². The summed E-state index contributed by atoms with van der Waals surface area (Å²) in [5, 5.41) is 12.5. The molecule has 2 N–H and O–H groups in total. The number of carbonyl (C=O) groups is 1. The van der Waals surface area contributed by atoms with E-state index in [4.69, 9.17) is 4.74 Å². The maximum absolute atomic E-state index is 13.3. The summed E-state index contributed by atoms with van der Waals surface area (Å²) in [6.45, 7) is 5.47. The fraction of sp³-hybridized carbons (Fsp3) is 0.588. The third-order valence-electron chi connectivity index (χ3n) is 4.18. The van der Waals surface area contributed by atoms with Crippen LogP contribution in [0.3, 0.4) is 0 Å². The summed E-state index contributed by atoms with van der Waals surface area (Å²) in [6, 6.07) is 2.34. The van der Waals surface area contributed by atoms with Crippen LogP contribution in [-0.2, 0) is 6.18 Å². The standard InChI is InChI=1S/C17H23F3N2O3/c1-4-25-11-7-8-13(12(10-11)17(18,19)20)21-15(23)22-9-5-6-14(22)16(2,3)24/h7-8,10,14,24H,4-6,9H2,1-3H3,(H,21,23)/t14-/m0/s1. The average molecular weight is 360 g/mol. The number of ether oxygens (including phenoxy) is 1. The Morgan fingerprint density at radius 2 is 2.08 bits per heavy atom. The van der Waals surface area contributed by atoms with Gasteiger partial charge in [-0.1, -0.05) is 0 Å². The van der Waals surface area contributed by atoms with Crippen molar-refractivity contribution in [1.82, 2.24) is 4.90 Å². The highest BCUT2D eigenvalue weighted by Crippen LogP contribution is 2.37. The number of hydrogen-bond acceptors (Lipinski definition) is 3. The first-order chi connectivity index (χ1) is 11.5. The van der Waals surface area contributed by atoms with Crippen LogP contribution in [0.1, 0.15) is 39.2 Å². The third-order valence-corrected chi connectivity index (χ3v) is 4.18. The molecule has 1 heterocycles. The van der Waals surface area contributed by atoms with Crippen molar-refractivity contribution >= 4 is 11.7 Å². The van der Waals surface area contributed by atoms with E-state index in [1.165, 1.54) is 17.0 Å². The van der Waals surface area contributed by atoms with Crippen molar-refractivity contribution in [2.75, 3.05) is 18.5 Å². The number of hydrogen-bond donors (Lipinski definition) is 2. The number of rotatable bonds is 4. The molecule has 1 aliphatic heterocycles. The minimum atomic E-state index is -4.63. The number of nitrogens with zero attached hydrogens (tertiary/aromatic N) is 1. The summed E-state index contributed by atoms with van der Waals surface area (Å²) in [5.74, 6) is 0.0864. The Morgan fingerprint density at radius 3 is 2.64 bits per heavy atom. The van der Waals surface area contributed by atoms with Gasteiger partial charge in [-0.2, -0.15) is 13.2 Å². The lowest BCUT2D eigenvalue weighted by Crippen LogP contribution is -2.49. The van der Waals surface area contributed by atoms with Crippen LogP contribution in [0.5, 0.6) is 5.75 Å². The van der Waals surface area contributed by atoms with Crippen LogP contribution in [0, 0.1) is 0 Å². The van der Waals surface area contributed by atoms with Gasteiger partial charge >= 0.3 is 12.2 Å². The van der Waals surface area contributed by atoms with E-state index in [1.54, 1.807) is 20.8 Å². The van der Waals surface area contributed by atoms with E-state index in [1.807, 2.05) is 0 Å². The minimum Gasteiger partial charge on any atom is -0.494 e. The zero-order valence-electron chi connectivity index (χ0n) is 14.5. The van der Waals surface area contributed by atoms with Crippen LogP contribution in [0.4, 0.5) is 23.7 Å². The van der Waals surface area contributed by atoms with E-state index in [9.17, 15) is 23.1 Å². The first-order valence-electron chi connectivity index (χ1n) is 8.18. The highest BCUT2D eigenvalue weighted by atomic mass is 19.4. The van der Waals surface area contributed by atoms with Gasteiger partial charge in [0.25, 0.3) is 0 Å². The number of nitrogens with one attached hydrogen (secondary N) is 1. The zero-order valence-corrected chi connectivity index (χ0v) is 14.5. The van der Waals surface area contributed by atoms with Gasteiger partial charge in [-0.15, -0.1) is 0 Å². The molecule has 0 unspecified atom stereocenters. The van der Waals surface area contributed by atoms with Crippen LogP contribution in [0.2, 0.25) is 0 Å². The summed E-state index contributed by atoms with van der Waals surface area (Å²) >= 11 is 0. The number of carbonyl (C=O) groups excluding carboxylic acids is 1. The Morgan fingerprint density at radius 1 is 1.40 bits per heavy atom. The topological polar surface area (TPSA) is 61.8 Å². The molecule has 2 rings (SSSR count). The van der Waals surface area contributed by atoms with Gasteiger partial charge in [-0.3, -0.25) is 0 Å². The average Bonchev–Trinajstić information content (AvgIpc) is 2.97. The molecule has 5 nitrogen and oxygen atoms in total. The number of alkyl halides is 3. The van der Waals surface area contributed by atoms with Crippen molar-refractivity contribution < 1.29 is 27.8 Å². The molecule has 0 saturated carbocycles. The maximum Gasteiger partial charge on any atom is 0.418 e. The fourth-order valence-electron chi connectivity index (χ4n) is 3.05. The number of aliphatic hydroxyl groups is 1. The van der Waals surface area contributed by atoms with Crippen molar-refractivity contribution in [2.45, 2.75) is 51.4 Å². The van der Waals surface area contributed by atoms with Gasteiger partial charge in [-0.25, -0.2) is 4.79 Å². The molecule has 25 heavy (non-hydrogen) atoms. The maximum atomic E-state index is 13.3. The molecule has 1 atom stereocenters. The van der Waals surface area contributed by atoms with Crippen molar-refractivity contribution in [3.8, 4) is 5.75 Å². The second kappa shape index (κ2) is 7.11. The normalized spacial score (nSPS) is 18.4. The predicted molar refractivity (Wildman–Crippen MR) is 87.7 cm³/mol. The van der Waals surface area contributed by atoms with E-state index >= 15 is 0 Å². The molecule has 140 valence electrons. The van der Waals surface area contributed by atoms with E-state index < -0.39 is 29.4 Å². The highest BCUT2D eigenvalue weighted by molar-refractivity contribution is 5.91. The van der Waals surface area contributed by atoms with E-state index in [0.29, 0.717) is 19.4 Å². The minimum absolute atomic E-state index is 0.0864. The number of amides is 2. The van der Waals surface area contributed by atoms with Crippen LogP contribution < -0.4 is 10.1 Å². The smallest absolute Gasteiger partial charge is 0.418 e. The first kappa shape index (κ1) is 19.4. The van der Waals surface area contributed by atoms with Gasteiger partial charge in [0.1, 0.15) is 5.75 Å². The zero-order chi connectivity index (χ0) is 18.8. The molecule has 8 heteroatoms. The predicted octanol–water partition coefficient (Wildman–Crippen LogP) is 3.87. The lowest BCUT2D eigenvalue weighted by Gasteiger charge is -2.34. The molecule has 1 saturated heterocycles.